The molecule has 0 spiro atoms. The lowest BCUT2D eigenvalue weighted by molar-refractivity contribution is 0.341. The van der Waals surface area contributed by atoms with Gasteiger partial charge in [0.1, 0.15) is 0 Å². The van der Waals surface area contributed by atoms with E-state index in [0.717, 1.165) is 6.21 Å². The van der Waals surface area contributed by atoms with Gasteiger partial charge in [-0.2, -0.15) is 0 Å². The minimum Gasteiger partial charge on any atom is -0.491 e. The standard InChI is InChI=1S/C9H11N3O2/c1-2-14-9-4-7(11)6(5-10)3-8(9)12-13/h3-5,10H,2,11H2,1H3. The van der Waals surface area contributed by atoms with Gasteiger partial charge >= 0.3 is 0 Å². The van der Waals surface area contributed by atoms with E-state index < -0.39 is 0 Å². The van der Waals surface area contributed by atoms with Crippen LogP contribution < -0.4 is 10.5 Å². The third-order valence-electron chi connectivity index (χ3n) is 1.72. The number of ether oxygens (including phenoxy) is 1. The van der Waals surface area contributed by atoms with Crippen molar-refractivity contribution in [2.45, 2.75) is 6.92 Å². The van der Waals surface area contributed by atoms with Crippen molar-refractivity contribution in [3.05, 3.63) is 22.6 Å². The Bertz CT molecular complexity index is 363. The van der Waals surface area contributed by atoms with E-state index in [1.54, 1.807) is 6.92 Å². The summed E-state index contributed by atoms with van der Waals surface area (Å²) in [4.78, 5) is 10.4. The van der Waals surface area contributed by atoms with Crippen molar-refractivity contribution in [1.82, 2.24) is 0 Å². The number of benzene rings is 1. The molecule has 14 heavy (non-hydrogen) atoms. The highest BCUT2D eigenvalue weighted by atomic mass is 16.5. The summed E-state index contributed by atoms with van der Waals surface area (Å²) in [6.45, 7) is 2.24. The molecule has 0 aliphatic carbocycles. The molecule has 0 atom stereocenters. The minimum atomic E-state index is 0.166. The van der Waals surface area contributed by atoms with E-state index in [9.17, 15) is 4.91 Å². The Hall–Kier alpha value is -1.91. The maximum atomic E-state index is 10.4. The molecule has 3 N–H and O–H groups in total. The lowest BCUT2D eigenvalue weighted by Crippen LogP contribution is -1.97. The first-order valence-electron chi connectivity index (χ1n) is 4.13. The molecule has 0 aliphatic rings. The summed E-state index contributed by atoms with van der Waals surface area (Å²) in [5.74, 6) is 0.352. The van der Waals surface area contributed by atoms with Crippen molar-refractivity contribution in [2.24, 2.45) is 5.18 Å². The fourth-order valence-corrected chi connectivity index (χ4v) is 1.07. The molecule has 1 rings (SSSR count). The molecule has 1 aromatic rings. The zero-order valence-corrected chi connectivity index (χ0v) is 7.78. The van der Waals surface area contributed by atoms with Crippen LogP contribution in [0.2, 0.25) is 0 Å². The number of nitrogen functional groups attached to an aromatic ring is 1. The Morgan fingerprint density at radius 1 is 1.64 bits per heavy atom. The smallest absolute Gasteiger partial charge is 0.150 e. The normalized spacial score (nSPS) is 9.50. The molecule has 0 aliphatic heterocycles. The third-order valence-corrected chi connectivity index (χ3v) is 1.72. The Labute approximate surface area is 81.4 Å². The van der Waals surface area contributed by atoms with Gasteiger partial charge in [-0.1, -0.05) is 0 Å². The van der Waals surface area contributed by atoms with Crippen molar-refractivity contribution < 1.29 is 4.74 Å². The van der Waals surface area contributed by atoms with Gasteiger partial charge in [-0.15, -0.1) is 4.91 Å². The van der Waals surface area contributed by atoms with Gasteiger partial charge in [-0.25, -0.2) is 0 Å². The summed E-state index contributed by atoms with van der Waals surface area (Å²) in [6, 6.07) is 2.93. The van der Waals surface area contributed by atoms with Gasteiger partial charge in [0, 0.05) is 23.5 Å². The first-order valence-corrected chi connectivity index (χ1v) is 4.13. The summed E-state index contributed by atoms with van der Waals surface area (Å²) < 4.78 is 5.16. The fourth-order valence-electron chi connectivity index (χ4n) is 1.07. The van der Waals surface area contributed by atoms with Gasteiger partial charge in [0.15, 0.2) is 11.4 Å². The molecule has 5 heteroatoms. The van der Waals surface area contributed by atoms with Crippen LogP contribution in [0.3, 0.4) is 0 Å². The molecule has 1 aromatic carbocycles. The summed E-state index contributed by atoms with van der Waals surface area (Å²) >= 11 is 0. The van der Waals surface area contributed by atoms with Crippen LogP contribution >= 0.6 is 0 Å². The van der Waals surface area contributed by atoms with E-state index in [2.05, 4.69) is 5.18 Å². The Morgan fingerprint density at radius 2 is 2.36 bits per heavy atom. The highest BCUT2D eigenvalue weighted by Crippen LogP contribution is 2.31. The average Bonchev–Trinajstić information content (AvgIpc) is 2.19. The van der Waals surface area contributed by atoms with Crippen LogP contribution in [0, 0.1) is 10.3 Å². The Kier molecular flexibility index (Phi) is 3.17. The average molecular weight is 193 g/mol. The number of nitrogens with one attached hydrogen (secondary N) is 1. The van der Waals surface area contributed by atoms with Crippen molar-refractivity contribution in [1.29, 1.82) is 5.41 Å². The summed E-state index contributed by atoms with van der Waals surface area (Å²) in [6.07, 6.45) is 1.07. The summed E-state index contributed by atoms with van der Waals surface area (Å²) in [5.41, 5.74) is 6.64. The zero-order valence-electron chi connectivity index (χ0n) is 7.78. The van der Waals surface area contributed by atoms with E-state index in [1.807, 2.05) is 0 Å². The molecule has 0 saturated heterocycles. The number of hydrogen-bond acceptors (Lipinski definition) is 5. The van der Waals surface area contributed by atoms with Crippen molar-refractivity contribution >= 4 is 17.6 Å². The minimum absolute atomic E-state index is 0.166. The number of hydrogen-bond donors (Lipinski definition) is 2. The molecule has 0 heterocycles. The molecule has 0 saturated carbocycles. The zero-order chi connectivity index (χ0) is 10.6. The van der Waals surface area contributed by atoms with E-state index in [0.29, 0.717) is 23.6 Å². The third kappa shape index (κ3) is 1.87. The number of anilines is 1. The highest BCUT2D eigenvalue weighted by molar-refractivity contribution is 5.87. The van der Waals surface area contributed by atoms with Gasteiger partial charge in [-0.3, -0.25) is 0 Å². The maximum Gasteiger partial charge on any atom is 0.150 e. The second-order valence-corrected chi connectivity index (χ2v) is 2.62. The number of nitrogens with two attached hydrogens (primary N) is 1. The van der Waals surface area contributed by atoms with Crippen molar-refractivity contribution in [3.63, 3.8) is 0 Å². The lowest BCUT2D eigenvalue weighted by Gasteiger charge is -2.07. The predicted octanol–water partition coefficient (Wildman–Crippen LogP) is 2.06. The first-order chi connectivity index (χ1) is 6.72. The van der Waals surface area contributed by atoms with Gasteiger partial charge in [-0.05, 0) is 18.2 Å². The molecule has 0 unspecified atom stereocenters. The monoisotopic (exact) mass is 193 g/mol. The fraction of sp³-hybridized carbons (Fsp3) is 0.222. The van der Waals surface area contributed by atoms with Gasteiger partial charge in [0.2, 0.25) is 0 Å². The van der Waals surface area contributed by atoms with Crippen LogP contribution in [0.5, 0.6) is 5.75 Å². The van der Waals surface area contributed by atoms with E-state index in [-0.39, 0.29) is 5.69 Å². The van der Waals surface area contributed by atoms with E-state index in [1.165, 1.54) is 12.1 Å². The highest BCUT2D eigenvalue weighted by Gasteiger charge is 2.07. The second-order valence-electron chi connectivity index (χ2n) is 2.62. The molecule has 0 amide bonds. The topological polar surface area (TPSA) is 88.5 Å². The summed E-state index contributed by atoms with van der Waals surface area (Å²) in [5, 5.41) is 9.84. The maximum absolute atomic E-state index is 10.4. The van der Waals surface area contributed by atoms with E-state index in [4.69, 9.17) is 15.9 Å². The Balaban J connectivity index is 3.23. The van der Waals surface area contributed by atoms with Crippen LogP contribution in [0.15, 0.2) is 17.3 Å². The Morgan fingerprint density at radius 3 is 2.86 bits per heavy atom. The van der Waals surface area contributed by atoms with Crippen LogP contribution in [-0.4, -0.2) is 12.8 Å². The van der Waals surface area contributed by atoms with Gasteiger partial charge in [0.05, 0.1) is 6.61 Å². The molecular weight excluding hydrogens is 182 g/mol. The predicted molar refractivity (Wildman–Crippen MR) is 55.4 cm³/mol. The van der Waals surface area contributed by atoms with Crippen molar-refractivity contribution in [2.75, 3.05) is 12.3 Å². The number of nitrogens with zero attached hydrogens (tertiary/aromatic N) is 1. The van der Waals surface area contributed by atoms with Crippen LogP contribution in [-0.2, 0) is 0 Å². The molecule has 5 nitrogen and oxygen atoms in total. The van der Waals surface area contributed by atoms with Crippen molar-refractivity contribution in [3.8, 4) is 5.75 Å². The number of rotatable bonds is 4. The molecule has 0 radical (unpaired) electrons. The second kappa shape index (κ2) is 4.36. The van der Waals surface area contributed by atoms with Crippen LogP contribution in [0.1, 0.15) is 12.5 Å². The summed E-state index contributed by atoms with van der Waals surface area (Å²) in [7, 11) is 0. The largest absolute Gasteiger partial charge is 0.491 e. The number of nitroso groups, excluding NO2 is 1. The molecule has 74 valence electrons. The van der Waals surface area contributed by atoms with Crippen LogP contribution in [0.25, 0.3) is 0 Å². The molecule has 0 fully saturated rings. The van der Waals surface area contributed by atoms with Gasteiger partial charge in [0.25, 0.3) is 0 Å². The van der Waals surface area contributed by atoms with Gasteiger partial charge < -0.3 is 15.9 Å². The first kappa shape index (κ1) is 10.2. The quantitative estimate of drug-likeness (QED) is 0.435. The van der Waals surface area contributed by atoms with Crippen LogP contribution in [0.4, 0.5) is 11.4 Å². The lowest BCUT2D eigenvalue weighted by atomic mass is 10.1. The SMILES string of the molecule is CCOc1cc(N)c(C=N)cc1N=O. The van der Waals surface area contributed by atoms with E-state index >= 15 is 0 Å². The molecule has 0 bridgehead atoms. The molecular formula is C9H11N3O2. The molecule has 0 aromatic heterocycles.